The molecule has 1 saturated heterocycles. The molecule has 1 atom stereocenters. The summed E-state index contributed by atoms with van der Waals surface area (Å²) in [7, 11) is 1.59. The first-order valence-corrected chi connectivity index (χ1v) is 11.8. The number of hydrogen-bond donors (Lipinski definition) is 1. The Labute approximate surface area is 209 Å². The molecular formula is C26H28N6O4. The summed E-state index contributed by atoms with van der Waals surface area (Å²) in [6.07, 6.45) is -0.352. The topological polar surface area (TPSA) is 121 Å². The fourth-order valence-electron chi connectivity index (χ4n) is 4.02. The molecule has 1 fully saturated rings. The SMILES string of the molecule is CCOC(=O)N1CCN(c2nc3ccccc3nc2C(C#N)C(=O)NCc2ccc(OC)cc2)CC1. The molecule has 1 aliphatic rings. The predicted molar refractivity (Wildman–Crippen MR) is 134 cm³/mol. The lowest BCUT2D eigenvalue weighted by Crippen LogP contribution is -2.49. The second-order valence-corrected chi connectivity index (χ2v) is 8.22. The van der Waals surface area contributed by atoms with Gasteiger partial charge in [-0.1, -0.05) is 24.3 Å². The first-order chi connectivity index (χ1) is 17.5. The van der Waals surface area contributed by atoms with Gasteiger partial charge in [0.15, 0.2) is 11.7 Å². The molecule has 2 amide bonds. The molecule has 1 aromatic heterocycles. The first-order valence-electron chi connectivity index (χ1n) is 11.8. The van der Waals surface area contributed by atoms with Gasteiger partial charge in [0.05, 0.1) is 30.8 Å². The van der Waals surface area contributed by atoms with Crippen molar-refractivity contribution in [3.05, 3.63) is 59.8 Å². The zero-order valence-corrected chi connectivity index (χ0v) is 20.3. The number of methoxy groups -OCH3 is 1. The third kappa shape index (κ3) is 5.46. The van der Waals surface area contributed by atoms with E-state index in [9.17, 15) is 14.9 Å². The van der Waals surface area contributed by atoms with Crippen molar-refractivity contribution in [2.45, 2.75) is 19.4 Å². The van der Waals surface area contributed by atoms with Gasteiger partial charge in [0.1, 0.15) is 11.4 Å². The largest absolute Gasteiger partial charge is 0.497 e. The molecule has 2 heterocycles. The average molecular weight is 489 g/mol. The van der Waals surface area contributed by atoms with Crippen molar-refractivity contribution in [3.8, 4) is 11.8 Å². The van der Waals surface area contributed by atoms with E-state index < -0.39 is 11.8 Å². The first kappa shape index (κ1) is 24.7. The van der Waals surface area contributed by atoms with Crippen molar-refractivity contribution in [1.29, 1.82) is 5.26 Å². The van der Waals surface area contributed by atoms with Gasteiger partial charge in [-0.05, 0) is 36.8 Å². The lowest BCUT2D eigenvalue weighted by Gasteiger charge is -2.35. The smallest absolute Gasteiger partial charge is 0.409 e. The number of carbonyl (C=O) groups excluding carboxylic acids is 2. The average Bonchev–Trinajstić information content (AvgIpc) is 2.92. The van der Waals surface area contributed by atoms with Crippen molar-refractivity contribution in [2.75, 3.05) is 44.8 Å². The molecule has 0 radical (unpaired) electrons. The summed E-state index contributed by atoms with van der Waals surface area (Å²) in [6.45, 7) is 4.17. The third-order valence-corrected chi connectivity index (χ3v) is 5.97. The molecule has 186 valence electrons. The molecule has 4 rings (SSSR count). The van der Waals surface area contributed by atoms with Crippen LogP contribution in [0.3, 0.4) is 0 Å². The number of anilines is 1. The summed E-state index contributed by atoms with van der Waals surface area (Å²) < 4.78 is 10.3. The van der Waals surface area contributed by atoms with Crippen molar-refractivity contribution in [3.63, 3.8) is 0 Å². The Morgan fingerprint density at radius 1 is 1.06 bits per heavy atom. The number of aromatic nitrogens is 2. The van der Waals surface area contributed by atoms with Crippen molar-refractivity contribution >= 4 is 28.9 Å². The highest BCUT2D eigenvalue weighted by Crippen LogP contribution is 2.28. The normalized spacial score (nSPS) is 14.1. The molecule has 10 heteroatoms. The number of hydrogen-bond acceptors (Lipinski definition) is 8. The second-order valence-electron chi connectivity index (χ2n) is 8.22. The Morgan fingerprint density at radius 3 is 2.33 bits per heavy atom. The van der Waals surface area contributed by atoms with E-state index in [4.69, 9.17) is 19.4 Å². The van der Waals surface area contributed by atoms with E-state index in [1.807, 2.05) is 47.4 Å². The van der Waals surface area contributed by atoms with Crippen LogP contribution in [0.5, 0.6) is 5.75 Å². The molecule has 1 aliphatic heterocycles. The van der Waals surface area contributed by atoms with Gasteiger partial charge in [-0.3, -0.25) is 4.79 Å². The number of carbonyl (C=O) groups is 2. The molecule has 0 bridgehead atoms. The number of piperazine rings is 1. The lowest BCUT2D eigenvalue weighted by molar-refractivity contribution is -0.121. The number of amides is 2. The van der Waals surface area contributed by atoms with Gasteiger partial charge in [-0.25, -0.2) is 14.8 Å². The summed E-state index contributed by atoms with van der Waals surface area (Å²) >= 11 is 0. The minimum atomic E-state index is -1.15. The number of rotatable bonds is 7. The highest BCUT2D eigenvalue weighted by atomic mass is 16.6. The molecule has 3 aromatic rings. The molecular weight excluding hydrogens is 460 g/mol. The van der Waals surface area contributed by atoms with E-state index in [0.29, 0.717) is 55.3 Å². The molecule has 2 aromatic carbocycles. The maximum Gasteiger partial charge on any atom is 0.409 e. The third-order valence-electron chi connectivity index (χ3n) is 5.97. The van der Waals surface area contributed by atoms with Crippen LogP contribution in [0, 0.1) is 11.3 Å². The Balaban J connectivity index is 1.57. The monoisotopic (exact) mass is 488 g/mol. The van der Waals surface area contributed by atoms with E-state index >= 15 is 0 Å². The standard InChI is InChI=1S/C26H28N6O4/c1-3-36-26(34)32-14-12-31(13-15-32)24-23(29-21-6-4-5-7-22(21)30-24)20(16-27)25(33)28-17-18-8-10-19(35-2)11-9-18/h4-11,20H,3,12-15,17H2,1-2H3,(H,28,33). The summed E-state index contributed by atoms with van der Waals surface area (Å²) in [4.78, 5) is 38.3. The maximum atomic E-state index is 13.1. The van der Waals surface area contributed by atoms with Crippen LogP contribution in [0.2, 0.25) is 0 Å². The molecule has 0 spiro atoms. The fourth-order valence-corrected chi connectivity index (χ4v) is 4.02. The number of fused-ring (bicyclic) bond motifs is 1. The van der Waals surface area contributed by atoms with Gasteiger partial charge in [0, 0.05) is 32.7 Å². The predicted octanol–water partition coefficient (Wildman–Crippen LogP) is 2.84. The molecule has 0 aliphatic carbocycles. The number of nitrogens with one attached hydrogen (secondary N) is 1. The highest BCUT2D eigenvalue weighted by molar-refractivity contribution is 5.89. The quantitative estimate of drug-likeness (QED) is 0.539. The molecule has 36 heavy (non-hydrogen) atoms. The van der Waals surface area contributed by atoms with Gasteiger partial charge >= 0.3 is 6.09 Å². The second kappa shape index (κ2) is 11.4. The Bertz CT molecular complexity index is 1270. The van der Waals surface area contributed by atoms with E-state index in [-0.39, 0.29) is 12.6 Å². The number of ether oxygens (including phenoxy) is 2. The Hall–Kier alpha value is -4.39. The molecule has 1 unspecified atom stereocenters. The molecule has 10 nitrogen and oxygen atoms in total. The minimum Gasteiger partial charge on any atom is -0.497 e. The number of nitrogens with zero attached hydrogens (tertiary/aromatic N) is 5. The van der Waals surface area contributed by atoms with E-state index in [0.717, 1.165) is 11.3 Å². The number of nitriles is 1. The van der Waals surface area contributed by atoms with Crippen molar-refractivity contribution in [2.24, 2.45) is 0 Å². The van der Waals surface area contributed by atoms with Gasteiger partial charge in [0.25, 0.3) is 0 Å². The lowest BCUT2D eigenvalue weighted by atomic mass is 10.0. The molecule has 0 saturated carbocycles. The van der Waals surface area contributed by atoms with Crippen LogP contribution in [0.4, 0.5) is 10.6 Å². The summed E-state index contributed by atoms with van der Waals surface area (Å²) in [6, 6.07) is 16.8. The van der Waals surface area contributed by atoms with Crippen LogP contribution in [0.1, 0.15) is 24.1 Å². The van der Waals surface area contributed by atoms with Crippen molar-refractivity contribution < 1.29 is 19.1 Å². The summed E-state index contributed by atoms with van der Waals surface area (Å²) in [5.74, 6) is -0.412. The summed E-state index contributed by atoms with van der Waals surface area (Å²) in [5.41, 5.74) is 2.44. The maximum absolute atomic E-state index is 13.1. The summed E-state index contributed by atoms with van der Waals surface area (Å²) in [5, 5.41) is 12.8. The van der Waals surface area contributed by atoms with Gasteiger partial charge in [-0.2, -0.15) is 5.26 Å². The van der Waals surface area contributed by atoms with Crippen LogP contribution < -0.4 is 15.0 Å². The Morgan fingerprint density at radius 2 is 1.72 bits per heavy atom. The van der Waals surface area contributed by atoms with E-state index in [2.05, 4.69) is 11.4 Å². The Kier molecular flexibility index (Phi) is 7.80. The number of para-hydroxylation sites is 2. The molecule has 1 N–H and O–H groups in total. The van der Waals surface area contributed by atoms with E-state index in [1.54, 1.807) is 25.0 Å². The number of benzene rings is 2. The van der Waals surface area contributed by atoms with Gasteiger partial charge in [-0.15, -0.1) is 0 Å². The minimum absolute atomic E-state index is 0.259. The van der Waals surface area contributed by atoms with Crippen LogP contribution in [0.15, 0.2) is 48.5 Å². The highest BCUT2D eigenvalue weighted by Gasteiger charge is 2.31. The van der Waals surface area contributed by atoms with Crippen LogP contribution in [-0.4, -0.2) is 66.8 Å². The van der Waals surface area contributed by atoms with Crippen LogP contribution in [0.25, 0.3) is 11.0 Å². The fraction of sp³-hybridized carbons (Fsp3) is 0.346. The van der Waals surface area contributed by atoms with Crippen LogP contribution >= 0.6 is 0 Å². The van der Waals surface area contributed by atoms with E-state index in [1.165, 1.54) is 0 Å². The zero-order valence-electron chi connectivity index (χ0n) is 20.3. The van der Waals surface area contributed by atoms with Crippen LogP contribution in [-0.2, 0) is 16.1 Å². The zero-order chi connectivity index (χ0) is 25.5. The van der Waals surface area contributed by atoms with Gasteiger partial charge in [0.2, 0.25) is 5.91 Å². The van der Waals surface area contributed by atoms with Gasteiger partial charge < -0.3 is 24.6 Å². The van der Waals surface area contributed by atoms with Crippen molar-refractivity contribution in [1.82, 2.24) is 20.2 Å².